The van der Waals surface area contributed by atoms with E-state index in [1.54, 1.807) is 18.3 Å². The van der Waals surface area contributed by atoms with Crippen molar-refractivity contribution in [3.63, 3.8) is 0 Å². The zero-order chi connectivity index (χ0) is 19.0. The Labute approximate surface area is 156 Å². The summed E-state index contributed by atoms with van der Waals surface area (Å²) in [6.45, 7) is 3.26. The normalized spacial score (nSPS) is 23.2. The molecule has 0 radical (unpaired) electrons. The monoisotopic (exact) mass is 367 g/mol. The van der Waals surface area contributed by atoms with Gasteiger partial charge in [-0.3, -0.25) is 15.1 Å². The van der Waals surface area contributed by atoms with E-state index in [0.29, 0.717) is 31.6 Å². The summed E-state index contributed by atoms with van der Waals surface area (Å²) in [5, 5.41) is 5.23. The van der Waals surface area contributed by atoms with Crippen LogP contribution in [-0.4, -0.2) is 40.0 Å². The minimum absolute atomic E-state index is 0.0737. The molecule has 2 aromatic heterocycles. The van der Waals surface area contributed by atoms with Gasteiger partial charge in [-0.15, -0.1) is 0 Å². The van der Waals surface area contributed by atoms with Gasteiger partial charge in [-0.1, -0.05) is 6.07 Å². The van der Waals surface area contributed by atoms with Gasteiger partial charge in [0.1, 0.15) is 5.82 Å². The topological polar surface area (TPSA) is 126 Å². The highest BCUT2D eigenvalue weighted by Gasteiger charge is 2.54. The van der Waals surface area contributed by atoms with Crippen LogP contribution in [0.25, 0.3) is 0 Å². The molecule has 0 spiro atoms. The lowest BCUT2D eigenvalue weighted by molar-refractivity contribution is -0.126. The summed E-state index contributed by atoms with van der Waals surface area (Å²) in [5.41, 5.74) is 6.01. The van der Waals surface area contributed by atoms with Crippen molar-refractivity contribution >= 4 is 23.7 Å². The van der Waals surface area contributed by atoms with E-state index in [9.17, 15) is 9.59 Å². The molecule has 9 nitrogen and oxygen atoms in total. The number of urea groups is 1. The van der Waals surface area contributed by atoms with Crippen LogP contribution in [0.5, 0.6) is 0 Å². The number of imide groups is 1. The van der Waals surface area contributed by atoms with E-state index in [1.807, 2.05) is 19.1 Å². The van der Waals surface area contributed by atoms with E-state index in [-0.39, 0.29) is 17.8 Å². The maximum atomic E-state index is 12.8. The minimum Gasteiger partial charge on any atom is -0.368 e. The van der Waals surface area contributed by atoms with Gasteiger partial charge in [0.25, 0.3) is 5.91 Å². The van der Waals surface area contributed by atoms with Crippen LogP contribution in [0.4, 0.5) is 16.6 Å². The van der Waals surface area contributed by atoms with Crippen molar-refractivity contribution in [1.82, 2.24) is 25.6 Å². The average Bonchev–Trinajstić information content (AvgIpc) is 2.97. The van der Waals surface area contributed by atoms with Gasteiger partial charge < -0.3 is 16.0 Å². The van der Waals surface area contributed by atoms with Crippen LogP contribution < -0.4 is 21.3 Å². The molecule has 140 valence electrons. The fourth-order valence-corrected chi connectivity index (χ4v) is 4.02. The van der Waals surface area contributed by atoms with Gasteiger partial charge in [0.05, 0.1) is 5.69 Å². The fourth-order valence-electron chi connectivity index (χ4n) is 4.02. The van der Waals surface area contributed by atoms with E-state index in [1.165, 1.54) is 0 Å². The second-order valence-electron chi connectivity index (χ2n) is 6.92. The number of aryl methyl sites for hydroxylation is 1. The summed E-state index contributed by atoms with van der Waals surface area (Å²) in [4.78, 5) is 39.6. The lowest BCUT2D eigenvalue weighted by atomic mass is 9.75. The predicted molar refractivity (Wildman–Crippen MR) is 98.7 cm³/mol. The van der Waals surface area contributed by atoms with Gasteiger partial charge in [0.2, 0.25) is 5.95 Å². The van der Waals surface area contributed by atoms with Gasteiger partial charge in [0.15, 0.2) is 5.54 Å². The highest BCUT2D eigenvalue weighted by Crippen LogP contribution is 2.38. The first kappa shape index (κ1) is 17.2. The highest BCUT2D eigenvalue weighted by molar-refractivity contribution is 6.07. The van der Waals surface area contributed by atoms with Gasteiger partial charge in [0, 0.05) is 37.0 Å². The molecule has 0 saturated carbocycles. The molecule has 2 aromatic rings. The Hall–Kier alpha value is -3.23. The summed E-state index contributed by atoms with van der Waals surface area (Å²) in [5.74, 6) is 0.618. The standard InChI is InChI=1S/C18H21N7O2/c1-11-10-14(22-16(19)21-11)25-8-5-12(6-9-25)18(13-4-2-3-7-20-13)15(26)23-17(27)24-18/h2-4,7,10,12H,5-6,8-9H2,1H3,(H2,19,21,22)(H2,23,24,26,27)/t18-/m0/s1. The lowest BCUT2D eigenvalue weighted by Crippen LogP contribution is -2.54. The molecule has 4 rings (SSSR count). The number of carbonyl (C=O) groups is 2. The maximum absolute atomic E-state index is 12.8. The van der Waals surface area contributed by atoms with E-state index in [0.717, 1.165) is 11.5 Å². The van der Waals surface area contributed by atoms with Crippen LogP contribution >= 0.6 is 0 Å². The molecule has 2 saturated heterocycles. The van der Waals surface area contributed by atoms with Gasteiger partial charge >= 0.3 is 6.03 Å². The minimum atomic E-state index is -1.13. The number of nitrogens with zero attached hydrogens (tertiary/aromatic N) is 4. The fraction of sp³-hybridized carbons (Fsp3) is 0.389. The van der Waals surface area contributed by atoms with E-state index in [2.05, 4.69) is 30.5 Å². The van der Waals surface area contributed by atoms with E-state index in [4.69, 9.17) is 5.73 Å². The van der Waals surface area contributed by atoms with Crippen molar-refractivity contribution in [3.8, 4) is 0 Å². The number of amides is 3. The number of pyridine rings is 1. The summed E-state index contributed by atoms with van der Waals surface area (Å²) in [7, 11) is 0. The molecule has 4 heterocycles. The molecule has 2 aliphatic rings. The number of piperidine rings is 1. The largest absolute Gasteiger partial charge is 0.368 e. The number of rotatable bonds is 3. The van der Waals surface area contributed by atoms with Crippen molar-refractivity contribution in [2.75, 3.05) is 23.7 Å². The summed E-state index contributed by atoms with van der Waals surface area (Å²) >= 11 is 0. The third kappa shape index (κ3) is 2.94. The molecule has 2 aliphatic heterocycles. The van der Waals surface area contributed by atoms with Crippen molar-refractivity contribution < 1.29 is 9.59 Å². The third-order valence-electron chi connectivity index (χ3n) is 5.25. The van der Waals surface area contributed by atoms with Gasteiger partial charge in [-0.2, -0.15) is 4.98 Å². The molecular formula is C18H21N7O2. The Bertz CT molecular complexity index is 860. The van der Waals surface area contributed by atoms with Crippen molar-refractivity contribution in [1.29, 1.82) is 0 Å². The molecule has 9 heteroatoms. The summed E-state index contributed by atoms with van der Waals surface area (Å²) in [6.07, 6.45) is 3.04. The lowest BCUT2D eigenvalue weighted by Gasteiger charge is -2.40. The number of hydrogen-bond acceptors (Lipinski definition) is 7. The van der Waals surface area contributed by atoms with Crippen molar-refractivity contribution in [3.05, 3.63) is 41.9 Å². The van der Waals surface area contributed by atoms with Crippen LogP contribution in [0.15, 0.2) is 30.5 Å². The SMILES string of the molecule is Cc1cc(N2CCC([C@@]3(c4ccccn4)NC(=O)NC3=O)CC2)nc(N)n1. The number of hydrogen-bond donors (Lipinski definition) is 3. The molecule has 4 N–H and O–H groups in total. The zero-order valence-corrected chi connectivity index (χ0v) is 15.0. The van der Waals surface area contributed by atoms with Crippen LogP contribution in [0, 0.1) is 12.8 Å². The Kier molecular flexibility index (Phi) is 4.14. The maximum Gasteiger partial charge on any atom is 0.322 e. The molecule has 0 aromatic carbocycles. The van der Waals surface area contributed by atoms with Crippen LogP contribution in [-0.2, 0) is 10.3 Å². The first-order chi connectivity index (χ1) is 13.0. The summed E-state index contributed by atoms with van der Waals surface area (Å²) in [6, 6.07) is 6.81. The van der Waals surface area contributed by atoms with Crippen LogP contribution in [0.1, 0.15) is 24.2 Å². The molecular weight excluding hydrogens is 346 g/mol. The third-order valence-corrected chi connectivity index (χ3v) is 5.25. The molecule has 1 atom stereocenters. The second-order valence-corrected chi connectivity index (χ2v) is 6.92. The van der Waals surface area contributed by atoms with Crippen LogP contribution in [0.2, 0.25) is 0 Å². The second kappa shape index (κ2) is 6.49. The Morgan fingerprint density at radius 3 is 2.59 bits per heavy atom. The number of aromatic nitrogens is 3. The molecule has 0 bridgehead atoms. The van der Waals surface area contributed by atoms with Gasteiger partial charge in [-0.25, -0.2) is 9.78 Å². The smallest absolute Gasteiger partial charge is 0.322 e. The zero-order valence-electron chi connectivity index (χ0n) is 15.0. The average molecular weight is 367 g/mol. The van der Waals surface area contributed by atoms with Crippen LogP contribution in [0.3, 0.4) is 0 Å². The van der Waals surface area contributed by atoms with E-state index < -0.39 is 11.6 Å². The summed E-state index contributed by atoms with van der Waals surface area (Å²) < 4.78 is 0. The number of nitrogen functional groups attached to an aromatic ring is 1. The Morgan fingerprint density at radius 1 is 1.22 bits per heavy atom. The highest BCUT2D eigenvalue weighted by atomic mass is 16.2. The molecule has 27 heavy (non-hydrogen) atoms. The Balaban J connectivity index is 1.60. The molecule has 3 amide bonds. The van der Waals surface area contributed by atoms with E-state index >= 15 is 0 Å². The molecule has 0 unspecified atom stereocenters. The first-order valence-electron chi connectivity index (χ1n) is 8.90. The number of nitrogens with two attached hydrogens (primary N) is 1. The number of carbonyl (C=O) groups excluding carboxylic acids is 2. The number of nitrogens with one attached hydrogen (secondary N) is 2. The van der Waals surface area contributed by atoms with Crippen molar-refractivity contribution in [2.45, 2.75) is 25.3 Å². The first-order valence-corrected chi connectivity index (χ1v) is 8.90. The Morgan fingerprint density at radius 2 is 2.00 bits per heavy atom. The van der Waals surface area contributed by atoms with Crippen molar-refractivity contribution in [2.24, 2.45) is 5.92 Å². The predicted octanol–water partition coefficient (Wildman–Crippen LogP) is 0.714. The molecule has 0 aliphatic carbocycles. The molecule has 2 fully saturated rings. The van der Waals surface area contributed by atoms with Gasteiger partial charge in [-0.05, 0) is 31.9 Å². The number of anilines is 2. The quantitative estimate of drug-likeness (QED) is 0.682.